The number of benzene rings is 2. The van der Waals surface area contributed by atoms with Gasteiger partial charge in [-0.1, -0.05) is 12.2 Å². The number of nitrogens with two attached hydrogens (primary N) is 1. The van der Waals surface area contributed by atoms with Crippen LogP contribution in [0.2, 0.25) is 0 Å². The molecule has 2 N–H and O–H groups in total. The van der Waals surface area contributed by atoms with E-state index in [0.29, 0.717) is 28.0 Å². The molecule has 0 heterocycles. The second-order valence-electron chi connectivity index (χ2n) is 4.16. The van der Waals surface area contributed by atoms with Crippen LogP contribution < -0.4 is 19.9 Å². The van der Waals surface area contributed by atoms with Crippen LogP contribution in [0.1, 0.15) is 5.56 Å². The Morgan fingerprint density at radius 3 is 2.00 bits per heavy atom. The molecule has 0 fully saturated rings. The highest BCUT2D eigenvalue weighted by Crippen LogP contribution is 2.32. The van der Waals surface area contributed by atoms with Crippen LogP contribution >= 0.6 is 28.1 Å². The standard InChI is InChI=1S/C15H14BrNO3S/c1-18-10-5-11(19-2)7-12(6-10)20-9-3-4-13(15(17)21)14(16)8-9/h3-8H,1-2H3,(H2,17,21). The number of thiocarbonyl (C=S) groups is 1. The van der Waals surface area contributed by atoms with E-state index < -0.39 is 0 Å². The summed E-state index contributed by atoms with van der Waals surface area (Å²) in [6.45, 7) is 0. The zero-order valence-corrected chi connectivity index (χ0v) is 14.0. The van der Waals surface area contributed by atoms with E-state index in [1.54, 1.807) is 50.6 Å². The highest BCUT2D eigenvalue weighted by molar-refractivity contribution is 9.10. The van der Waals surface area contributed by atoms with Crippen LogP contribution in [0.25, 0.3) is 0 Å². The average molecular weight is 368 g/mol. The Labute approximate surface area is 136 Å². The maximum atomic E-state index is 5.80. The van der Waals surface area contributed by atoms with Gasteiger partial charge >= 0.3 is 0 Å². The van der Waals surface area contributed by atoms with Crippen molar-refractivity contribution in [3.05, 3.63) is 46.4 Å². The molecule has 4 nitrogen and oxygen atoms in total. The quantitative estimate of drug-likeness (QED) is 0.812. The van der Waals surface area contributed by atoms with Crippen molar-refractivity contribution in [1.82, 2.24) is 0 Å². The Hall–Kier alpha value is -1.79. The first-order valence-corrected chi connectivity index (χ1v) is 7.24. The molecule has 21 heavy (non-hydrogen) atoms. The van der Waals surface area contributed by atoms with E-state index in [1.165, 1.54) is 0 Å². The molecule has 2 aromatic rings. The lowest BCUT2D eigenvalue weighted by Crippen LogP contribution is -2.09. The van der Waals surface area contributed by atoms with Crippen molar-refractivity contribution >= 4 is 33.1 Å². The lowest BCUT2D eigenvalue weighted by Gasteiger charge is -2.11. The lowest BCUT2D eigenvalue weighted by molar-refractivity contribution is 0.386. The molecule has 0 amide bonds. The first-order valence-electron chi connectivity index (χ1n) is 6.03. The molecule has 0 aliphatic carbocycles. The number of hydrogen-bond acceptors (Lipinski definition) is 4. The Bertz CT molecular complexity index is 654. The Morgan fingerprint density at radius 2 is 1.52 bits per heavy atom. The zero-order valence-electron chi connectivity index (χ0n) is 11.6. The molecular weight excluding hydrogens is 354 g/mol. The summed E-state index contributed by atoms with van der Waals surface area (Å²) in [5, 5.41) is 0. The van der Waals surface area contributed by atoms with Crippen LogP contribution in [0.4, 0.5) is 0 Å². The van der Waals surface area contributed by atoms with Crippen molar-refractivity contribution in [3.63, 3.8) is 0 Å². The molecule has 0 aromatic heterocycles. The normalized spacial score (nSPS) is 10.0. The van der Waals surface area contributed by atoms with Gasteiger partial charge in [-0.2, -0.15) is 0 Å². The molecule has 6 heteroatoms. The van der Waals surface area contributed by atoms with Crippen molar-refractivity contribution in [2.45, 2.75) is 0 Å². The molecule has 0 unspecified atom stereocenters. The van der Waals surface area contributed by atoms with E-state index in [2.05, 4.69) is 15.9 Å². The third-order valence-corrected chi connectivity index (χ3v) is 3.64. The number of hydrogen-bond donors (Lipinski definition) is 1. The molecule has 0 spiro atoms. The SMILES string of the molecule is COc1cc(OC)cc(Oc2ccc(C(N)=S)c(Br)c2)c1. The minimum absolute atomic E-state index is 0.330. The molecule has 2 aromatic carbocycles. The third kappa shape index (κ3) is 3.86. The smallest absolute Gasteiger partial charge is 0.134 e. The Kier molecular flexibility index (Phi) is 5.03. The lowest BCUT2D eigenvalue weighted by atomic mass is 10.2. The minimum Gasteiger partial charge on any atom is -0.496 e. The fourth-order valence-corrected chi connectivity index (χ4v) is 2.62. The van der Waals surface area contributed by atoms with Crippen molar-refractivity contribution < 1.29 is 14.2 Å². The highest BCUT2D eigenvalue weighted by atomic mass is 79.9. The largest absolute Gasteiger partial charge is 0.496 e. The van der Waals surface area contributed by atoms with Crippen molar-refractivity contribution in [3.8, 4) is 23.0 Å². The predicted molar refractivity (Wildman–Crippen MR) is 89.6 cm³/mol. The Balaban J connectivity index is 2.29. The Morgan fingerprint density at radius 1 is 0.952 bits per heavy atom. The fourth-order valence-electron chi connectivity index (χ4n) is 1.74. The monoisotopic (exact) mass is 367 g/mol. The first kappa shape index (κ1) is 15.6. The number of methoxy groups -OCH3 is 2. The van der Waals surface area contributed by atoms with E-state index in [4.69, 9.17) is 32.2 Å². The third-order valence-electron chi connectivity index (χ3n) is 2.77. The van der Waals surface area contributed by atoms with Crippen LogP contribution in [0.3, 0.4) is 0 Å². The topological polar surface area (TPSA) is 53.7 Å². The summed E-state index contributed by atoms with van der Waals surface area (Å²) in [7, 11) is 3.18. The van der Waals surface area contributed by atoms with E-state index >= 15 is 0 Å². The van der Waals surface area contributed by atoms with Gasteiger partial charge in [0.25, 0.3) is 0 Å². The molecule has 0 saturated heterocycles. The van der Waals surface area contributed by atoms with Crippen molar-refractivity contribution in [1.29, 1.82) is 0 Å². The number of rotatable bonds is 5. The summed E-state index contributed by atoms with van der Waals surface area (Å²) in [6.07, 6.45) is 0. The molecule has 0 aliphatic rings. The molecule has 0 saturated carbocycles. The van der Waals surface area contributed by atoms with Crippen LogP contribution in [-0.4, -0.2) is 19.2 Å². The summed E-state index contributed by atoms with van der Waals surface area (Å²) in [6, 6.07) is 10.7. The van der Waals surface area contributed by atoms with Gasteiger partial charge in [0.05, 0.1) is 14.2 Å². The van der Waals surface area contributed by atoms with Crippen LogP contribution in [0, 0.1) is 0 Å². The average Bonchev–Trinajstić information content (AvgIpc) is 2.46. The fraction of sp³-hybridized carbons (Fsp3) is 0.133. The van der Waals surface area contributed by atoms with Gasteiger partial charge in [-0.25, -0.2) is 0 Å². The molecule has 0 bridgehead atoms. The van der Waals surface area contributed by atoms with E-state index in [9.17, 15) is 0 Å². The van der Waals surface area contributed by atoms with Gasteiger partial charge in [-0.15, -0.1) is 0 Å². The first-order chi connectivity index (χ1) is 10.0. The van der Waals surface area contributed by atoms with Crippen molar-refractivity contribution in [2.24, 2.45) is 5.73 Å². The van der Waals surface area contributed by atoms with E-state index in [0.717, 1.165) is 10.0 Å². The summed E-state index contributed by atoms with van der Waals surface area (Å²) < 4.78 is 17.0. The molecule has 2 rings (SSSR count). The number of halogens is 1. The van der Waals surface area contributed by atoms with Crippen LogP contribution in [0.5, 0.6) is 23.0 Å². The summed E-state index contributed by atoms with van der Waals surface area (Å²) in [5.74, 6) is 2.57. The molecule has 0 radical (unpaired) electrons. The van der Waals surface area contributed by atoms with Crippen LogP contribution in [-0.2, 0) is 0 Å². The van der Waals surface area contributed by atoms with Gasteiger partial charge in [0.15, 0.2) is 0 Å². The number of ether oxygens (including phenoxy) is 3. The predicted octanol–water partition coefficient (Wildman–Crippen LogP) is 3.89. The van der Waals surface area contributed by atoms with E-state index in [-0.39, 0.29) is 0 Å². The maximum absolute atomic E-state index is 5.80. The second kappa shape index (κ2) is 6.78. The minimum atomic E-state index is 0.330. The molecule has 0 atom stereocenters. The summed E-state index contributed by atoms with van der Waals surface area (Å²) >= 11 is 8.38. The van der Waals surface area contributed by atoms with Crippen LogP contribution in [0.15, 0.2) is 40.9 Å². The van der Waals surface area contributed by atoms with E-state index in [1.807, 2.05) is 0 Å². The van der Waals surface area contributed by atoms with Gasteiger partial charge in [0, 0.05) is 28.2 Å². The van der Waals surface area contributed by atoms with Crippen molar-refractivity contribution in [2.75, 3.05) is 14.2 Å². The molecule has 110 valence electrons. The maximum Gasteiger partial charge on any atom is 0.134 e. The summed E-state index contributed by atoms with van der Waals surface area (Å²) in [5.41, 5.74) is 6.38. The molecule has 0 aliphatic heterocycles. The van der Waals surface area contributed by atoms with Gasteiger partial charge in [0.1, 0.15) is 28.0 Å². The second-order valence-corrected chi connectivity index (χ2v) is 5.45. The van der Waals surface area contributed by atoms with Gasteiger partial charge in [-0.05, 0) is 34.1 Å². The zero-order chi connectivity index (χ0) is 15.4. The molecular formula is C15H14BrNO3S. The van der Waals surface area contributed by atoms with Gasteiger partial charge < -0.3 is 19.9 Å². The highest BCUT2D eigenvalue weighted by Gasteiger charge is 2.07. The van der Waals surface area contributed by atoms with Gasteiger partial charge in [0.2, 0.25) is 0 Å². The van der Waals surface area contributed by atoms with Gasteiger partial charge in [-0.3, -0.25) is 0 Å². The summed E-state index contributed by atoms with van der Waals surface area (Å²) in [4.78, 5) is 0.330.